The van der Waals surface area contributed by atoms with E-state index in [9.17, 15) is 4.79 Å². The largest absolute Gasteiger partial charge is 0.477 e. The van der Waals surface area contributed by atoms with Crippen LogP contribution in [0, 0.1) is 0 Å². The van der Waals surface area contributed by atoms with Crippen LogP contribution in [-0.2, 0) is 11.3 Å². The molecule has 7 heteroatoms. The smallest absolute Gasteiger partial charge is 0.241 e. The molecule has 2 N–H and O–H groups in total. The zero-order valence-corrected chi connectivity index (χ0v) is 16.0. The molecule has 1 aliphatic rings. The van der Waals surface area contributed by atoms with Crippen molar-refractivity contribution in [3.8, 4) is 5.88 Å². The average molecular weight is 361 g/mol. The predicted octanol–water partition coefficient (Wildman–Crippen LogP) is 1.94. The molecule has 7 nitrogen and oxygen atoms in total. The zero-order chi connectivity index (χ0) is 18.6. The summed E-state index contributed by atoms with van der Waals surface area (Å²) in [5.74, 6) is 1.38. The lowest BCUT2D eigenvalue weighted by molar-refractivity contribution is -0.128. The van der Waals surface area contributed by atoms with E-state index in [1.807, 2.05) is 24.0 Å². The maximum absolute atomic E-state index is 12.2. The summed E-state index contributed by atoms with van der Waals surface area (Å²) in [5, 5.41) is 6.30. The van der Waals surface area contributed by atoms with Crippen LogP contribution >= 0.6 is 0 Å². The molecule has 2 rings (SSSR count). The molecule has 0 aromatic carbocycles. The first kappa shape index (κ1) is 20.0. The van der Waals surface area contributed by atoms with Crippen LogP contribution in [-0.4, -0.2) is 54.5 Å². The molecule has 0 bridgehead atoms. The van der Waals surface area contributed by atoms with Crippen LogP contribution in [0.5, 0.6) is 5.88 Å². The Labute approximate surface area is 156 Å². The Kier molecular flexibility index (Phi) is 8.72. The summed E-state index contributed by atoms with van der Waals surface area (Å²) in [5.41, 5.74) is 0.937. The van der Waals surface area contributed by atoms with Crippen LogP contribution in [0.2, 0.25) is 0 Å². The highest BCUT2D eigenvalue weighted by Gasteiger charge is 2.17. The average Bonchev–Trinajstić information content (AvgIpc) is 3.20. The third-order valence-corrected chi connectivity index (χ3v) is 4.20. The van der Waals surface area contributed by atoms with Crippen LogP contribution in [0.15, 0.2) is 23.3 Å². The summed E-state index contributed by atoms with van der Waals surface area (Å²) in [6.45, 7) is 7.96. The molecule has 1 aromatic heterocycles. The van der Waals surface area contributed by atoms with Crippen molar-refractivity contribution in [1.29, 1.82) is 0 Å². The van der Waals surface area contributed by atoms with Crippen molar-refractivity contribution < 1.29 is 9.53 Å². The summed E-state index contributed by atoms with van der Waals surface area (Å²) < 4.78 is 5.75. The van der Waals surface area contributed by atoms with Gasteiger partial charge in [0.15, 0.2) is 5.96 Å². The van der Waals surface area contributed by atoms with Gasteiger partial charge in [0.25, 0.3) is 0 Å². The van der Waals surface area contributed by atoms with E-state index >= 15 is 0 Å². The molecule has 26 heavy (non-hydrogen) atoms. The summed E-state index contributed by atoms with van der Waals surface area (Å²) in [7, 11) is 0. The highest BCUT2D eigenvalue weighted by molar-refractivity contribution is 5.86. The minimum atomic E-state index is 0.123. The Bertz CT molecular complexity index is 585. The minimum Gasteiger partial charge on any atom is -0.477 e. The van der Waals surface area contributed by atoms with Gasteiger partial charge in [0.05, 0.1) is 19.7 Å². The lowest BCUT2D eigenvalue weighted by Gasteiger charge is -2.17. The SMILES string of the molecule is CCCCOc1ncccc1CN=C(NCC)NCC(=O)N1CCCC1. The van der Waals surface area contributed by atoms with Gasteiger partial charge in [-0.3, -0.25) is 4.79 Å². The minimum absolute atomic E-state index is 0.123. The normalized spacial score (nSPS) is 14.4. The van der Waals surface area contributed by atoms with Crippen LogP contribution in [0.4, 0.5) is 0 Å². The van der Waals surface area contributed by atoms with Gasteiger partial charge in [0, 0.05) is 31.4 Å². The van der Waals surface area contributed by atoms with E-state index in [-0.39, 0.29) is 12.5 Å². The molecule has 1 aliphatic heterocycles. The fourth-order valence-electron chi connectivity index (χ4n) is 2.73. The third-order valence-electron chi connectivity index (χ3n) is 4.20. The number of nitrogens with one attached hydrogen (secondary N) is 2. The van der Waals surface area contributed by atoms with Crippen LogP contribution in [0.25, 0.3) is 0 Å². The molecule has 0 aliphatic carbocycles. The van der Waals surface area contributed by atoms with Gasteiger partial charge in [-0.2, -0.15) is 0 Å². The topological polar surface area (TPSA) is 78.9 Å². The maximum atomic E-state index is 12.2. The Hall–Kier alpha value is -2.31. The number of nitrogens with zero attached hydrogens (tertiary/aromatic N) is 3. The number of carbonyl (C=O) groups is 1. The molecular weight excluding hydrogens is 330 g/mol. The van der Waals surface area contributed by atoms with Crippen molar-refractivity contribution in [2.24, 2.45) is 4.99 Å². The number of amides is 1. The number of hydrogen-bond acceptors (Lipinski definition) is 4. The van der Waals surface area contributed by atoms with Crippen LogP contribution in [0.1, 0.15) is 45.1 Å². The van der Waals surface area contributed by atoms with E-state index in [0.29, 0.717) is 25.0 Å². The molecule has 0 saturated carbocycles. The highest BCUT2D eigenvalue weighted by Crippen LogP contribution is 2.15. The first-order valence-corrected chi connectivity index (χ1v) is 9.61. The van der Waals surface area contributed by atoms with Crippen molar-refractivity contribution in [3.05, 3.63) is 23.9 Å². The molecule has 2 heterocycles. The number of hydrogen-bond donors (Lipinski definition) is 2. The molecule has 1 aromatic rings. The van der Waals surface area contributed by atoms with E-state index in [2.05, 4.69) is 27.5 Å². The number of carbonyl (C=O) groups excluding carboxylic acids is 1. The standard InChI is InChI=1S/C19H31N5O2/c1-3-5-13-26-18-16(9-8-10-21-18)14-22-19(20-4-2)23-15-17(25)24-11-6-7-12-24/h8-10H,3-7,11-15H2,1-2H3,(H2,20,22,23). The maximum Gasteiger partial charge on any atom is 0.241 e. The van der Waals surface area contributed by atoms with E-state index < -0.39 is 0 Å². The number of pyridine rings is 1. The van der Waals surface area contributed by atoms with E-state index in [4.69, 9.17) is 4.74 Å². The summed E-state index contributed by atoms with van der Waals surface area (Å²) in [4.78, 5) is 23.0. The molecular formula is C19H31N5O2. The van der Waals surface area contributed by atoms with Gasteiger partial charge < -0.3 is 20.3 Å². The van der Waals surface area contributed by atoms with Gasteiger partial charge in [0.1, 0.15) is 0 Å². The van der Waals surface area contributed by atoms with Gasteiger partial charge in [-0.15, -0.1) is 0 Å². The van der Waals surface area contributed by atoms with Crippen molar-refractivity contribution >= 4 is 11.9 Å². The second kappa shape index (κ2) is 11.3. The third kappa shape index (κ3) is 6.54. The molecule has 0 spiro atoms. The van der Waals surface area contributed by atoms with Crippen LogP contribution in [0.3, 0.4) is 0 Å². The number of rotatable bonds is 9. The molecule has 0 unspecified atom stereocenters. The highest BCUT2D eigenvalue weighted by atomic mass is 16.5. The monoisotopic (exact) mass is 361 g/mol. The lowest BCUT2D eigenvalue weighted by atomic mass is 10.2. The fourth-order valence-corrected chi connectivity index (χ4v) is 2.73. The van der Waals surface area contributed by atoms with Gasteiger partial charge in [-0.1, -0.05) is 19.4 Å². The number of aliphatic imine (C=N–C) groups is 1. The summed E-state index contributed by atoms with van der Waals surface area (Å²) in [6, 6.07) is 3.85. The Morgan fingerprint density at radius 2 is 2.12 bits per heavy atom. The predicted molar refractivity (Wildman–Crippen MR) is 103 cm³/mol. The number of unbranched alkanes of at least 4 members (excludes halogenated alkanes) is 1. The first-order valence-electron chi connectivity index (χ1n) is 9.61. The second-order valence-electron chi connectivity index (χ2n) is 6.31. The molecule has 1 amide bonds. The molecule has 1 fully saturated rings. The Morgan fingerprint density at radius 1 is 1.31 bits per heavy atom. The molecule has 144 valence electrons. The lowest BCUT2D eigenvalue weighted by Crippen LogP contribution is -2.44. The zero-order valence-electron chi connectivity index (χ0n) is 16.0. The van der Waals surface area contributed by atoms with Gasteiger partial charge in [-0.05, 0) is 32.3 Å². The van der Waals surface area contributed by atoms with Gasteiger partial charge in [0.2, 0.25) is 11.8 Å². The fraction of sp³-hybridized carbons (Fsp3) is 0.632. The van der Waals surface area contributed by atoms with Crippen LogP contribution < -0.4 is 15.4 Å². The summed E-state index contributed by atoms with van der Waals surface area (Å²) in [6.07, 6.45) is 6.01. The van der Waals surface area contributed by atoms with Gasteiger partial charge in [-0.25, -0.2) is 9.98 Å². The Morgan fingerprint density at radius 3 is 2.85 bits per heavy atom. The molecule has 1 saturated heterocycles. The van der Waals surface area contributed by atoms with E-state index in [1.54, 1.807) is 6.20 Å². The number of guanidine groups is 1. The number of aromatic nitrogens is 1. The van der Waals surface area contributed by atoms with Crippen molar-refractivity contribution in [2.75, 3.05) is 32.8 Å². The van der Waals surface area contributed by atoms with Crippen molar-refractivity contribution in [2.45, 2.75) is 46.1 Å². The second-order valence-corrected chi connectivity index (χ2v) is 6.31. The van der Waals surface area contributed by atoms with Crippen molar-refractivity contribution in [3.63, 3.8) is 0 Å². The Balaban J connectivity index is 1.92. The van der Waals surface area contributed by atoms with E-state index in [0.717, 1.165) is 50.9 Å². The van der Waals surface area contributed by atoms with Crippen molar-refractivity contribution in [1.82, 2.24) is 20.5 Å². The number of ether oxygens (including phenoxy) is 1. The van der Waals surface area contributed by atoms with Gasteiger partial charge >= 0.3 is 0 Å². The van der Waals surface area contributed by atoms with E-state index in [1.165, 1.54) is 0 Å². The first-order chi connectivity index (χ1) is 12.7. The molecule has 0 atom stereocenters. The quantitative estimate of drug-likeness (QED) is 0.399. The molecule has 0 radical (unpaired) electrons. The summed E-state index contributed by atoms with van der Waals surface area (Å²) >= 11 is 0. The number of likely N-dealkylation sites (tertiary alicyclic amines) is 1.